The van der Waals surface area contributed by atoms with Crippen LogP contribution in [0.3, 0.4) is 0 Å². The van der Waals surface area contributed by atoms with E-state index >= 15 is 0 Å². The van der Waals surface area contributed by atoms with E-state index in [4.69, 9.17) is 4.98 Å². The molecule has 1 spiro atoms. The third-order valence-electron chi connectivity index (χ3n) is 6.64. The third-order valence-corrected chi connectivity index (χ3v) is 6.64. The Bertz CT molecular complexity index is 1120. The van der Waals surface area contributed by atoms with Crippen molar-refractivity contribution in [3.63, 3.8) is 0 Å². The lowest BCUT2D eigenvalue weighted by Crippen LogP contribution is -2.43. The van der Waals surface area contributed by atoms with Gasteiger partial charge in [0.1, 0.15) is 18.0 Å². The van der Waals surface area contributed by atoms with Crippen LogP contribution in [0.25, 0.3) is 11.4 Å². The van der Waals surface area contributed by atoms with Gasteiger partial charge in [-0.3, -0.25) is 9.78 Å². The van der Waals surface area contributed by atoms with Crippen LogP contribution in [0, 0.1) is 13.8 Å². The summed E-state index contributed by atoms with van der Waals surface area (Å²) in [5.74, 6) is 1.65. The van der Waals surface area contributed by atoms with Gasteiger partial charge in [-0.05, 0) is 51.7 Å². The molecule has 0 saturated carbocycles. The number of piperidine rings is 1. The zero-order valence-electron chi connectivity index (χ0n) is 16.8. The molecule has 0 bridgehead atoms. The first-order chi connectivity index (χ1) is 14.1. The van der Waals surface area contributed by atoms with E-state index in [0.717, 1.165) is 72.7 Å². The maximum atomic E-state index is 12.8. The molecule has 0 unspecified atom stereocenters. The first-order valence-corrected chi connectivity index (χ1v) is 10.1. The molecule has 1 aliphatic carbocycles. The molecule has 0 amide bonds. The second-order valence-corrected chi connectivity index (χ2v) is 8.16. The Balaban J connectivity index is 1.47. The SMILES string of the molecule is Cc1ncnc(N2CCC3(CCc4c3nc(-c3cccnc3)[nH]c4=O)CC2)c1C. The molecule has 7 nitrogen and oxygen atoms in total. The van der Waals surface area contributed by atoms with Crippen LogP contribution in [0.1, 0.15) is 41.8 Å². The number of nitrogens with one attached hydrogen (secondary N) is 1. The summed E-state index contributed by atoms with van der Waals surface area (Å²) in [5, 5.41) is 0. The molecule has 3 aromatic heterocycles. The number of pyridine rings is 1. The molecule has 4 heterocycles. The summed E-state index contributed by atoms with van der Waals surface area (Å²) >= 11 is 0. The minimum absolute atomic E-state index is 0.00423. The molecular formula is C22H24N6O. The highest BCUT2D eigenvalue weighted by molar-refractivity contribution is 5.55. The van der Waals surface area contributed by atoms with Crippen molar-refractivity contribution < 1.29 is 0 Å². The van der Waals surface area contributed by atoms with Crippen LogP contribution < -0.4 is 10.5 Å². The monoisotopic (exact) mass is 388 g/mol. The lowest BCUT2D eigenvalue weighted by atomic mass is 9.76. The summed E-state index contributed by atoms with van der Waals surface area (Å²) in [6, 6.07) is 3.80. The summed E-state index contributed by atoms with van der Waals surface area (Å²) in [7, 11) is 0. The molecule has 29 heavy (non-hydrogen) atoms. The van der Waals surface area contributed by atoms with Crippen molar-refractivity contribution >= 4 is 5.82 Å². The lowest BCUT2D eigenvalue weighted by Gasteiger charge is -2.40. The Hall–Kier alpha value is -3.09. The highest BCUT2D eigenvalue weighted by atomic mass is 16.1. The molecule has 0 radical (unpaired) electrons. The first kappa shape index (κ1) is 18.0. The minimum atomic E-state index is -0.0208. The number of aromatic amines is 1. The standard InChI is InChI=1S/C22H24N6O/c1-14-15(2)24-13-25-20(14)28-10-7-22(8-11-28)6-5-17-18(22)26-19(27-21(17)29)16-4-3-9-23-12-16/h3-4,9,12-13H,5-8,10-11H2,1-2H3,(H,26,27,29). The molecule has 0 aromatic carbocycles. The van der Waals surface area contributed by atoms with E-state index in [-0.39, 0.29) is 11.0 Å². The highest BCUT2D eigenvalue weighted by Crippen LogP contribution is 2.45. The zero-order valence-corrected chi connectivity index (χ0v) is 16.8. The van der Waals surface area contributed by atoms with Crippen LogP contribution >= 0.6 is 0 Å². The Labute approximate surface area is 169 Å². The summed E-state index contributed by atoms with van der Waals surface area (Å²) in [4.78, 5) is 36.0. The predicted molar refractivity (Wildman–Crippen MR) is 111 cm³/mol. The van der Waals surface area contributed by atoms with Crippen molar-refractivity contribution in [2.45, 2.75) is 44.9 Å². The van der Waals surface area contributed by atoms with E-state index in [2.05, 4.69) is 31.8 Å². The van der Waals surface area contributed by atoms with E-state index in [1.807, 2.05) is 19.1 Å². The smallest absolute Gasteiger partial charge is 0.254 e. The summed E-state index contributed by atoms with van der Waals surface area (Å²) in [6.45, 7) is 5.93. The topological polar surface area (TPSA) is 87.7 Å². The Kier molecular flexibility index (Phi) is 4.19. The fourth-order valence-corrected chi connectivity index (χ4v) is 4.77. The van der Waals surface area contributed by atoms with E-state index in [9.17, 15) is 4.79 Å². The van der Waals surface area contributed by atoms with Gasteiger partial charge in [-0.1, -0.05) is 0 Å². The van der Waals surface area contributed by atoms with Gasteiger partial charge in [-0.15, -0.1) is 0 Å². The van der Waals surface area contributed by atoms with E-state index in [1.54, 1.807) is 18.7 Å². The predicted octanol–water partition coefficient (Wildman–Crippen LogP) is 2.72. The minimum Gasteiger partial charge on any atom is -0.356 e. The van der Waals surface area contributed by atoms with E-state index in [0.29, 0.717) is 5.82 Å². The van der Waals surface area contributed by atoms with Crippen LogP contribution in [0.4, 0.5) is 5.82 Å². The fourth-order valence-electron chi connectivity index (χ4n) is 4.77. The van der Waals surface area contributed by atoms with Crippen molar-refractivity contribution in [1.82, 2.24) is 24.9 Å². The van der Waals surface area contributed by atoms with Crippen molar-refractivity contribution in [1.29, 1.82) is 0 Å². The average Bonchev–Trinajstić information content (AvgIpc) is 3.10. The molecule has 2 aliphatic rings. The van der Waals surface area contributed by atoms with E-state index < -0.39 is 0 Å². The van der Waals surface area contributed by atoms with Crippen LogP contribution in [0.15, 0.2) is 35.6 Å². The largest absolute Gasteiger partial charge is 0.356 e. The molecule has 0 atom stereocenters. The first-order valence-electron chi connectivity index (χ1n) is 10.1. The molecule has 5 rings (SSSR count). The molecule has 1 saturated heterocycles. The number of fused-ring (bicyclic) bond motifs is 2. The second kappa shape index (κ2) is 6.76. The van der Waals surface area contributed by atoms with Gasteiger partial charge in [-0.2, -0.15) is 0 Å². The maximum Gasteiger partial charge on any atom is 0.254 e. The number of nitrogens with zero attached hydrogens (tertiary/aromatic N) is 5. The van der Waals surface area contributed by atoms with Crippen LogP contribution in [-0.2, 0) is 11.8 Å². The van der Waals surface area contributed by atoms with Crippen LogP contribution in [0.2, 0.25) is 0 Å². The van der Waals surface area contributed by atoms with Gasteiger partial charge in [0.05, 0.1) is 5.69 Å². The van der Waals surface area contributed by atoms with Crippen molar-refractivity contribution in [3.05, 3.63) is 63.7 Å². The number of anilines is 1. The summed E-state index contributed by atoms with van der Waals surface area (Å²) in [5.41, 5.74) is 4.84. The molecule has 148 valence electrons. The normalized spacial score (nSPS) is 17.5. The van der Waals surface area contributed by atoms with Crippen LogP contribution in [0.5, 0.6) is 0 Å². The molecule has 1 fully saturated rings. The maximum absolute atomic E-state index is 12.8. The van der Waals surface area contributed by atoms with Gasteiger partial charge in [0.2, 0.25) is 0 Å². The van der Waals surface area contributed by atoms with Gasteiger partial charge in [0.15, 0.2) is 0 Å². The second-order valence-electron chi connectivity index (χ2n) is 8.16. The van der Waals surface area contributed by atoms with E-state index in [1.165, 1.54) is 0 Å². The Morgan fingerprint density at radius 2 is 1.97 bits per heavy atom. The highest BCUT2D eigenvalue weighted by Gasteiger charge is 2.44. The van der Waals surface area contributed by atoms with Gasteiger partial charge in [0.25, 0.3) is 5.56 Å². The number of hydrogen-bond acceptors (Lipinski definition) is 6. The number of hydrogen-bond donors (Lipinski definition) is 1. The number of aryl methyl sites for hydroxylation is 1. The number of rotatable bonds is 2. The van der Waals surface area contributed by atoms with Gasteiger partial charge < -0.3 is 9.88 Å². The summed E-state index contributed by atoms with van der Waals surface area (Å²) < 4.78 is 0. The fraction of sp³-hybridized carbons (Fsp3) is 0.409. The Morgan fingerprint density at radius 1 is 1.14 bits per heavy atom. The van der Waals surface area contributed by atoms with Gasteiger partial charge >= 0.3 is 0 Å². The average molecular weight is 388 g/mol. The summed E-state index contributed by atoms with van der Waals surface area (Å²) in [6.07, 6.45) is 8.87. The van der Waals surface area contributed by atoms with Gasteiger partial charge in [-0.25, -0.2) is 15.0 Å². The quantitative estimate of drug-likeness (QED) is 0.726. The number of aromatic nitrogens is 5. The molecular weight excluding hydrogens is 364 g/mol. The molecule has 1 N–H and O–H groups in total. The molecule has 3 aromatic rings. The lowest BCUT2D eigenvalue weighted by molar-refractivity contribution is 0.322. The van der Waals surface area contributed by atoms with Crippen molar-refractivity contribution in [3.8, 4) is 11.4 Å². The van der Waals surface area contributed by atoms with Crippen molar-refractivity contribution in [2.75, 3.05) is 18.0 Å². The Morgan fingerprint density at radius 3 is 2.72 bits per heavy atom. The van der Waals surface area contributed by atoms with Crippen molar-refractivity contribution in [2.24, 2.45) is 0 Å². The van der Waals surface area contributed by atoms with Crippen LogP contribution in [-0.4, -0.2) is 38.0 Å². The number of H-pyrrole nitrogens is 1. The van der Waals surface area contributed by atoms with Gasteiger partial charge in [0, 0.05) is 53.3 Å². The zero-order chi connectivity index (χ0) is 20.0. The molecule has 1 aliphatic heterocycles. The molecule has 7 heteroatoms. The third kappa shape index (κ3) is 2.92.